The standard InChI is InChI=1S/C21H33N3O3/c1-16(22(2)3)17-7-9-24(10-8-17)21(25)18-5-6-20(26-4)19(15-18)23-11-13-27-14-12-23/h5-6,15-17H,7-14H2,1-4H3. The fraction of sp³-hybridized carbons (Fsp3) is 0.667. The van der Waals surface area contributed by atoms with E-state index in [4.69, 9.17) is 9.47 Å². The normalized spacial score (nSPS) is 20.0. The molecule has 2 heterocycles. The first-order valence-electron chi connectivity index (χ1n) is 9.97. The largest absolute Gasteiger partial charge is 0.495 e. The monoisotopic (exact) mass is 375 g/mol. The lowest BCUT2D eigenvalue weighted by Gasteiger charge is -2.37. The van der Waals surface area contributed by atoms with E-state index in [1.165, 1.54) is 0 Å². The van der Waals surface area contributed by atoms with Gasteiger partial charge in [0.05, 0.1) is 26.0 Å². The molecule has 1 unspecified atom stereocenters. The molecule has 1 aromatic carbocycles. The second kappa shape index (κ2) is 8.93. The molecule has 0 radical (unpaired) electrons. The number of ether oxygens (including phenoxy) is 2. The second-order valence-electron chi connectivity index (χ2n) is 7.82. The Bertz CT molecular complexity index is 636. The van der Waals surface area contributed by atoms with Gasteiger partial charge in [0.2, 0.25) is 0 Å². The highest BCUT2D eigenvalue weighted by atomic mass is 16.5. The van der Waals surface area contributed by atoms with Gasteiger partial charge in [-0.2, -0.15) is 0 Å². The van der Waals surface area contributed by atoms with Crippen molar-refractivity contribution in [2.75, 3.05) is 65.5 Å². The minimum atomic E-state index is 0.128. The number of carbonyl (C=O) groups excluding carboxylic acids is 1. The van der Waals surface area contributed by atoms with Crippen LogP contribution >= 0.6 is 0 Å². The number of morpholine rings is 1. The van der Waals surface area contributed by atoms with Crippen LogP contribution in [0, 0.1) is 5.92 Å². The summed E-state index contributed by atoms with van der Waals surface area (Å²) in [4.78, 5) is 19.6. The molecule has 3 rings (SSSR count). The Kier molecular flexibility index (Phi) is 6.60. The number of amides is 1. The van der Waals surface area contributed by atoms with Crippen molar-refractivity contribution in [3.05, 3.63) is 23.8 Å². The third-order valence-corrected chi connectivity index (χ3v) is 6.10. The van der Waals surface area contributed by atoms with Crippen LogP contribution in [0.3, 0.4) is 0 Å². The minimum absolute atomic E-state index is 0.128. The molecule has 2 saturated heterocycles. The number of piperidine rings is 1. The van der Waals surface area contributed by atoms with Gasteiger partial charge in [-0.3, -0.25) is 4.79 Å². The number of benzene rings is 1. The summed E-state index contributed by atoms with van der Waals surface area (Å²) in [6.45, 7) is 7.00. The third kappa shape index (κ3) is 4.55. The van der Waals surface area contributed by atoms with Gasteiger partial charge in [0.15, 0.2) is 0 Å². The molecule has 2 fully saturated rings. The van der Waals surface area contributed by atoms with Gasteiger partial charge in [0.1, 0.15) is 5.75 Å². The van der Waals surface area contributed by atoms with Crippen molar-refractivity contribution >= 4 is 11.6 Å². The van der Waals surface area contributed by atoms with E-state index in [0.29, 0.717) is 25.2 Å². The molecular formula is C21H33N3O3. The zero-order valence-corrected chi connectivity index (χ0v) is 17.1. The van der Waals surface area contributed by atoms with Crippen molar-refractivity contribution in [3.63, 3.8) is 0 Å². The van der Waals surface area contributed by atoms with E-state index in [2.05, 4.69) is 30.8 Å². The summed E-state index contributed by atoms with van der Waals surface area (Å²) in [5.41, 5.74) is 1.74. The van der Waals surface area contributed by atoms with Crippen LogP contribution < -0.4 is 9.64 Å². The Labute approximate surface area is 163 Å². The molecule has 2 aliphatic heterocycles. The minimum Gasteiger partial charge on any atom is -0.495 e. The zero-order chi connectivity index (χ0) is 19.4. The van der Waals surface area contributed by atoms with Gasteiger partial charge in [-0.1, -0.05) is 0 Å². The van der Waals surface area contributed by atoms with E-state index in [-0.39, 0.29) is 5.91 Å². The highest BCUT2D eigenvalue weighted by molar-refractivity contribution is 5.95. The average molecular weight is 376 g/mol. The van der Waals surface area contributed by atoms with Crippen LogP contribution in [0.5, 0.6) is 5.75 Å². The number of carbonyl (C=O) groups is 1. The molecule has 6 heteroatoms. The fourth-order valence-electron chi connectivity index (χ4n) is 4.06. The molecule has 0 spiro atoms. The highest BCUT2D eigenvalue weighted by Gasteiger charge is 2.28. The number of nitrogens with zero attached hydrogens (tertiary/aromatic N) is 3. The van der Waals surface area contributed by atoms with Gasteiger partial charge in [-0.15, -0.1) is 0 Å². The molecule has 0 aromatic heterocycles. The van der Waals surface area contributed by atoms with Crippen molar-refractivity contribution in [1.29, 1.82) is 0 Å². The first kappa shape index (κ1) is 20.0. The average Bonchev–Trinajstić information content (AvgIpc) is 2.73. The molecule has 1 atom stereocenters. The Balaban J connectivity index is 1.70. The quantitative estimate of drug-likeness (QED) is 0.790. The number of anilines is 1. The van der Waals surface area contributed by atoms with Crippen molar-refractivity contribution in [2.45, 2.75) is 25.8 Å². The molecule has 2 aliphatic rings. The molecule has 6 nitrogen and oxygen atoms in total. The molecule has 0 saturated carbocycles. The summed E-state index contributed by atoms with van der Waals surface area (Å²) in [5, 5.41) is 0. The molecule has 27 heavy (non-hydrogen) atoms. The summed E-state index contributed by atoms with van der Waals surface area (Å²) in [6.07, 6.45) is 2.13. The Morgan fingerprint density at radius 2 is 1.85 bits per heavy atom. The first-order chi connectivity index (χ1) is 13.0. The molecule has 0 N–H and O–H groups in total. The SMILES string of the molecule is COc1ccc(C(=O)N2CCC(C(C)N(C)C)CC2)cc1N1CCOCC1. The summed E-state index contributed by atoms with van der Waals surface area (Å²) in [7, 11) is 5.94. The zero-order valence-electron chi connectivity index (χ0n) is 17.1. The first-order valence-corrected chi connectivity index (χ1v) is 9.97. The van der Waals surface area contributed by atoms with Gasteiger partial charge in [-0.05, 0) is 58.0 Å². The van der Waals surface area contributed by atoms with Crippen molar-refractivity contribution in [1.82, 2.24) is 9.80 Å². The molecule has 1 amide bonds. The van der Waals surface area contributed by atoms with Crippen LogP contribution in [-0.4, -0.2) is 82.3 Å². The predicted octanol–water partition coefficient (Wildman–Crippen LogP) is 2.33. The van der Waals surface area contributed by atoms with E-state index in [1.54, 1.807) is 7.11 Å². The molecule has 1 aromatic rings. The van der Waals surface area contributed by atoms with Gasteiger partial charge in [0.25, 0.3) is 5.91 Å². The lowest BCUT2D eigenvalue weighted by Crippen LogP contribution is -2.43. The Morgan fingerprint density at radius 3 is 2.44 bits per heavy atom. The van der Waals surface area contributed by atoms with Crippen LogP contribution in [0.25, 0.3) is 0 Å². The number of rotatable bonds is 5. The number of likely N-dealkylation sites (tertiary alicyclic amines) is 1. The lowest BCUT2D eigenvalue weighted by molar-refractivity contribution is 0.0641. The Morgan fingerprint density at radius 1 is 1.19 bits per heavy atom. The molecule has 0 aliphatic carbocycles. The van der Waals surface area contributed by atoms with Crippen LogP contribution in [-0.2, 0) is 4.74 Å². The van der Waals surface area contributed by atoms with E-state index in [0.717, 1.165) is 56.0 Å². The molecule has 150 valence electrons. The third-order valence-electron chi connectivity index (χ3n) is 6.10. The highest BCUT2D eigenvalue weighted by Crippen LogP contribution is 2.31. The maximum absolute atomic E-state index is 13.1. The van der Waals surface area contributed by atoms with Crippen LogP contribution in [0.1, 0.15) is 30.1 Å². The summed E-state index contributed by atoms with van der Waals surface area (Å²) in [5.74, 6) is 1.60. The van der Waals surface area contributed by atoms with E-state index >= 15 is 0 Å². The van der Waals surface area contributed by atoms with E-state index in [9.17, 15) is 4.79 Å². The second-order valence-corrected chi connectivity index (χ2v) is 7.82. The van der Waals surface area contributed by atoms with Crippen LogP contribution in [0.4, 0.5) is 5.69 Å². The summed E-state index contributed by atoms with van der Waals surface area (Å²) in [6, 6.07) is 6.34. The maximum Gasteiger partial charge on any atom is 0.253 e. The van der Waals surface area contributed by atoms with Crippen LogP contribution in [0.2, 0.25) is 0 Å². The van der Waals surface area contributed by atoms with Gasteiger partial charge < -0.3 is 24.2 Å². The van der Waals surface area contributed by atoms with E-state index in [1.807, 2.05) is 23.1 Å². The number of hydrogen-bond donors (Lipinski definition) is 0. The van der Waals surface area contributed by atoms with E-state index < -0.39 is 0 Å². The summed E-state index contributed by atoms with van der Waals surface area (Å²) < 4.78 is 11.0. The van der Waals surface area contributed by atoms with Crippen molar-refractivity contribution in [3.8, 4) is 5.75 Å². The van der Waals surface area contributed by atoms with Crippen LogP contribution in [0.15, 0.2) is 18.2 Å². The fourth-order valence-corrected chi connectivity index (χ4v) is 4.06. The molecule has 0 bridgehead atoms. The van der Waals surface area contributed by atoms with Gasteiger partial charge >= 0.3 is 0 Å². The number of methoxy groups -OCH3 is 1. The maximum atomic E-state index is 13.1. The van der Waals surface area contributed by atoms with Crippen molar-refractivity contribution in [2.24, 2.45) is 5.92 Å². The molecular weight excluding hydrogens is 342 g/mol. The number of hydrogen-bond acceptors (Lipinski definition) is 5. The predicted molar refractivity (Wildman–Crippen MR) is 108 cm³/mol. The van der Waals surface area contributed by atoms with Crippen molar-refractivity contribution < 1.29 is 14.3 Å². The lowest BCUT2D eigenvalue weighted by atomic mass is 9.89. The smallest absolute Gasteiger partial charge is 0.253 e. The Hall–Kier alpha value is -1.79. The van der Waals surface area contributed by atoms with Gasteiger partial charge in [0, 0.05) is 37.8 Å². The van der Waals surface area contributed by atoms with Gasteiger partial charge in [-0.25, -0.2) is 0 Å². The topological polar surface area (TPSA) is 45.2 Å². The summed E-state index contributed by atoms with van der Waals surface area (Å²) >= 11 is 0.